The Morgan fingerprint density at radius 1 is 1.30 bits per heavy atom. The van der Waals surface area contributed by atoms with Gasteiger partial charge in [0.1, 0.15) is 0 Å². The van der Waals surface area contributed by atoms with Gasteiger partial charge in [-0.1, -0.05) is 0 Å². The number of aliphatic hydroxyl groups excluding tert-OH is 2. The Labute approximate surface area is 115 Å². The van der Waals surface area contributed by atoms with Crippen LogP contribution in [0.15, 0.2) is 12.1 Å². The Morgan fingerprint density at radius 2 is 1.85 bits per heavy atom. The molecular weight excluding hydrogens is 268 g/mol. The molecule has 0 bridgehead atoms. The van der Waals surface area contributed by atoms with Crippen molar-refractivity contribution >= 4 is 17.3 Å². The summed E-state index contributed by atoms with van der Waals surface area (Å²) in [5, 5.41) is 38.0. The van der Waals surface area contributed by atoms with E-state index in [-0.39, 0.29) is 37.6 Å². The molecule has 3 N–H and O–H groups in total. The lowest BCUT2D eigenvalue weighted by atomic mass is 10.1. The van der Waals surface area contributed by atoms with E-state index in [0.717, 1.165) is 6.07 Å². The van der Waals surface area contributed by atoms with Crippen molar-refractivity contribution in [3.63, 3.8) is 0 Å². The number of carbonyl (C=O) groups is 1. The molecular formula is C12H16N2O6. The van der Waals surface area contributed by atoms with Gasteiger partial charge >= 0.3 is 5.97 Å². The number of carboxylic acid groups (broad SMARTS) is 1. The van der Waals surface area contributed by atoms with Gasteiger partial charge in [0.05, 0.1) is 29.3 Å². The average molecular weight is 284 g/mol. The van der Waals surface area contributed by atoms with E-state index >= 15 is 0 Å². The van der Waals surface area contributed by atoms with E-state index in [9.17, 15) is 14.9 Å². The van der Waals surface area contributed by atoms with Crippen LogP contribution in [0.1, 0.15) is 15.9 Å². The fraction of sp³-hybridized carbons (Fsp3) is 0.417. The van der Waals surface area contributed by atoms with Crippen LogP contribution in [-0.2, 0) is 0 Å². The van der Waals surface area contributed by atoms with Gasteiger partial charge in [0.25, 0.3) is 5.69 Å². The summed E-state index contributed by atoms with van der Waals surface area (Å²) in [6.07, 6.45) is 0. The van der Waals surface area contributed by atoms with Gasteiger partial charge in [0.2, 0.25) is 0 Å². The van der Waals surface area contributed by atoms with Gasteiger partial charge in [-0.25, -0.2) is 4.79 Å². The van der Waals surface area contributed by atoms with Crippen molar-refractivity contribution in [3.05, 3.63) is 33.4 Å². The van der Waals surface area contributed by atoms with Crippen LogP contribution < -0.4 is 4.90 Å². The molecule has 0 fully saturated rings. The molecule has 0 unspecified atom stereocenters. The van der Waals surface area contributed by atoms with Gasteiger partial charge in [-0.15, -0.1) is 0 Å². The van der Waals surface area contributed by atoms with Crippen molar-refractivity contribution in [3.8, 4) is 0 Å². The Hall–Kier alpha value is -2.19. The fourth-order valence-electron chi connectivity index (χ4n) is 1.92. The maximum atomic E-state index is 11.0. The second-order valence-electron chi connectivity index (χ2n) is 4.14. The smallest absolute Gasteiger partial charge is 0.336 e. The van der Waals surface area contributed by atoms with Gasteiger partial charge in [0, 0.05) is 24.8 Å². The first-order valence-corrected chi connectivity index (χ1v) is 5.91. The number of carboxylic acids is 1. The summed E-state index contributed by atoms with van der Waals surface area (Å²) in [5.41, 5.74) is 0.0977. The predicted molar refractivity (Wildman–Crippen MR) is 71.2 cm³/mol. The second kappa shape index (κ2) is 6.83. The molecule has 8 nitrogen and oxygen atoms in total. The van der Waals surface area contributed by atoms with Crippen molar-refractivity contribution in [1.29, 1.82) is 0 Å². The summed E-state index contributed by atoms with van der Waals surface area (Å²) in [5.74, 6) is -1.28. The number of nitrogens with zero attached hydrogens (tertiary/aromatic N) is 2. The normalized spacial score (nSPS) is 10.3. The highest BCUT2D eigenvalue weighted by Crippen LogP contribution is 2.30. The average Bonchev–Trinajstić information content (AvgIpc) is 2.38. The minimum atomic E-state index is -1.28. The minimum absolute atomic E-state index is 0.141. The molecule has 0 heterocycles. The molecule has 0 amide bonds. The fourth-order valence-corrected chi connectivity index (χ4v) is 1.92. The van der Waals surface area contributed by atoms with Crippen molar-refractivity contribution in [1.82, 2.24) is 0 Å². The van der Waals surface area contributed by atoms with Crippen LogP contribution in [0.25, 0.3) is 0 Å². The highest BCUT2D eigenvalue weighted by Gasteiger charge is 2.21. The number of aliphatic hydroxyl groups is 2. The van der Waals surface area contributed by atoms with Crippen LogP contribution >= 0.6 is 0 Å². The van der Waals surface area contributed by atoms with Crippen LogP contribution in [0, 0.1) is 17.0 Å². The van der Waals surface area contributed by atoms with E-state index in [1.165, 1.54) is 17.9 Å². The third-order valence-corrected chi connectivity index (χ3v) is 2.88. The molecule has 8 heteroatoms. The van der Waals surface area contributed by atoms with Crippen molar-refractivity contribution in [2.24, 2.45) is 0 Å². The zero-order valence-corrected chi connectivity index (χ0v) is 10.9. The molecule has 20 heavy (non-hydrogen) atoms. The van der Waals surface area contributed by atoms with Crippen molar-refractivity contribution < 1.29 is 25.0 Å². The zero-order chi connectivity index (χ0) is 15.3. The lowest BCUT2D eigenvalue weighted by Gasteiger charge is -2.25. The topological polar surface area (TPSA) is 124 Å². The number of nitro benzene ring substituents is 1. The number of rotatable bonds is 7. The number of hydrogen-bond acceptors (Lipinski definition) is 6. The molecule has 0 aliphatic carbocycles. The van der Waals surface area contributed by atoms with Crippen LogP contribution in [-0.4, -0.2) is 52.5 Å². The third kappa shape index (κ3) is 3.43. The second-order valence-corrected chi connectivity index (χ2v) is 4.14. The SMILES string of the molecule is Cc1c(N(CCO)CCO)cc(C(=O)O)cc1[N+](=O)[O-]. The molecule has 0 aliphatic heterocycles. The van der Waals surface area contributed by atoms with Gasteiger partial charge in [-0.3, -0.25) is 10.1 Å². The standard InChI is InChI=1S/C12H16N2O6/c1-8-10(13(2-4-15)3-5-16)6-9(12(17)18)7-11(8)14(19)20/h6-7,15-16H,2-5H2,1H3,(H,17,18). The summed E-state index contributed by atoms with van der Waals surface area (Å²) in [4.78, 5) is 22.9. The molecule has 0 saturated heterocycles. The molecule has 0 saturated carbocycles. The van der Waals surface area contributed by atoms with Gasteiger partial charge in [-0.05, 0) is 13.0 Å². The van der Waals surface area contributed by atoms with E-state index in [1.807, 2.05) is 0 Å². The molecule has 1 aromatic carbocycles. The summed E-state index contributed by atoms with van der Waals surface area (Å²) in [6, 6.07) is 2.30. The third-order valence-electron chi connectivity index (χ3n) is 2.88. The summed E-state index contributed by atoms with van der Waals surface area (Å²) >= 11 is 0. The Kier molecular flexibility index (Phi) is 5.42. The quantitative estimate of drug-likeness (QED) is 0.488. The minimum Gasteiger partial charge on any atom is -0.478 e. The molecule has 110 valence electrons. The molecule has 1 aromatic rings. The highest BCUT2D eigenvalue weighted by atomic mass is 16.6. The lowest BCUT2D eigenvalue weighted by Crippen LogP contribution is -2.30. The molecule has 0 atom stereocenters. The van der Waals surface area contributed by atoms with E-state index < -0.39 is 10.9 Å². The van der Waals surface area contributed by atoms with Crippen LogP contribution in [0.2, 0.25) is 0 Å². The highest BCUT2D eigenvalue weighted by molar-refractivity contribution is 5.90. The van der Waals surface area contributed by atoms with Crippen LogP contribution in [0.5, 0.6) is 0 Å². The lowest BCUT2D eigenvalue weighted by molar-refractivity contribution is -0.385. The number of hydrogen-bond donors (Lipinski definition) is 3. The van der Waals surface area contributed by atoms with Crippen LogP contribution in [0.3, 0.4) is 0 Å². The number of anilines is 1. The maximum Gasteiger partial charge on any atom is 0.336 e. The van der Waals surface area contributed by atoms with E-state index in [0.29, 0.717) is 11.3 Å². The number of benzene rings is 1. The summed E-state index contributed by atoms with van der Waals surface area (Å²) in [7, 11) is 0. The maximum absolute atomic E-state index is 11.0. The van der Waals surface area contributed by atoms with Gasteiger partial charge in [-0.2, -0.15) is 0 Å². The monoisotopic (exact) mass is 284 g/mol. The Balaban J connectivity index is 3.41. The van der Waals surface area contributed by atoms with E-state index in [4.69, 9.17) is 15.3 Å². The molecule has 0 aromatic heterocycles. The summed E-state index contributed by atoms with van der Waals surface area (Å²) < 4.78 is 0. The first-order chi connectivity index (χ1) is 9.42. The van der Waals surface area contributed by atoms with Gasteiger partial charge in [0.15, 0.2) is 0 Å². The molecule has 1 rings (SSSR count). The zero-order valence-electron chi connectivity index (χ0n) is 10.9. The Morgan fingerprint density at radius 3 is 2.25 bits per heavy atom. The first-order valence-electron chi connectivity index (χ1n) is 5.91. The van der Waals surface area contributed by atoms with Gasteiger partial charge < -0.3 is 20.2 Å². The van der Waals surface area contributed by atoms with Crippen LogP contribution in [0.4, 0.5) is 11.4 Å². The van der Waals surface area contributed by atoms with E-state index in [2.05, 4.69) is 0 Å². The largest absolute Gasteiger partial charge is 0.478 e. The first kappa shape index (κ1) is 15.9. The molecule has 0 radical (unpaired) electrons. The van der Waals surface area contributed by atoms with Crippen molar-refractivity contribution in [2.45, 2.75) is 6.92 Å². The molecule has 0 aliphatic rings. The Bertz CT molecular complexity index is 511. The van der Waals surface area contributed by atoms with Crippen molar-refractivity contribution in [2.75, 3.05) is 31.2 Å². The molecule has 0 spiro atoms. The van der Waals surface area contributed by atoms with E-state index in [1.54, 1.807) is 0 Å². The summed E-state index contributed by atoms with van der Waals surface area (Å²) in [6.45, 7) is 1.35. The number of nitro groups is 1. The predicted octanol–water partition coefficient (Wildman–Crippen LogP) is 0.392. The number of aromatic carboxylic acids is 1.